The Morgan fingerprint density at radius 3 is 1.31 bits per heavy atom. The fourth-order valence-electron chi connectivity index (χ4n) is 8.26. The SMILES string of the molecule is CC(CCCCc1ccc2cccnc2n1)(CO[Si](c1ccccc1)(c1ccccc1)C(C)(C)C)CO[Si](c1ccccc1)(c1ccccc1)C(C)(C)C. The lowest BCUT2D eigenvalue weighted by atomic mass is 9.86. The standard InChI is InChI=1S/C48H58N2O2Si2/c1-46(2,3)53(41-25-12-8-13-26-41,42-27-14-9-15-28-42)51-37-48(7,35-21-20-24-40-34-33-39-23-22-36-49-45(39)50-40)38-52-54(47(4,5)6,43-29-16-10-17-30-43)44-31-18-11-19-32-44/h8-19,22-23,25-34,36H,20-21,24,35,37-38H2,1-7H3. The van der Waals surface area contributed by atoms with E-state index in [0.29, 0.717) is 13.2 Å². The van der Waals surface area contributed by atoms with Gasteiger partial charge in [-0.15, -0.1) is 0 Å². The molecule has 6 rings (SSSR count). The Balaban J connectivity index is 1.36. The van der Waals surface area contributed by atoms with Crippen molar-refractivity contribution in [2.45, 2.75) is 84.2 Å². The summed E-state index contributed by atoms with van der Waals surface area (Å²) in [5.41, 5.74) is 1.64. The molecule has 0 spiro atoms. The predicted octanol–water partition coefficient (Wildman–Crippen LogP) is 9.50. The van der Waals surface area contributed by atoms with E-state index in [0.717, 1.165) is 42.4 Å². The second kappa shape index (κ2) is 16.7. The van der Waals surface area contributed by atoms with Gasteiger partial charge in [0.2, 0.25) is 0 Å². The van der Waals surface area contributed by atoms with Gasteiger partial charge in [-0.1, -0.05) is 176 Å². The molecule has 6 heteroatoms. The number of pyridine rings is 2. The number of benzene rings is 4. The molecule has 0 unspecified atom stereocenters. The van der Waals surface area contributed by atoms with Gasteiger partial charge in [0.05, 0.1) is 0 Å². The van der Waals surface area contributed by atoms with Gasteiger partial charge in [-0.05, 0) is 74.4 Å². The molecule has 0 bridgehead atoms. The molecule has 0 atom stereocenters. The number of unbranched alkanes of at least 4 members (excludes halogenated alkanes) is 1. The van der Waals surface area contributed by atoms with E-state index in [2.05, 4.69) is 193 Å². The normalized spacial score (nSPS) is 12.9. The Hall–Kier alpha value is -4.21. The van der Waals surface area contributed by atoms with Crippen LogP contribution in [0.15, 0.2) is 152 Å². The highest BCUT2D eigenvalue weighted by Gasteiger charge is 2.53. The lowest BCUT2D eigenvalue weighted by Crippen LogP contribution is -2.68. The highest BCUT2D eigenvalue weighted by molar-refractivity contribution is 7.00. The summed E-state index contributed by atoms with van der Waals surface area (Å²) in [5.74, 6) is 0. The van der Waals surface area contributed by atoms with Gasteiger partial charge in [-0.3, -0.25) is 0 Å². The van der Waals surface area contributed by atoms with Crippen LogP contribution in [-0.2, 0) is 15.3 Å². The minimum atomic E-state index is -2.79. The number of hydrogen-bond acceptors (Lipinski definition) is 4. The highest BCUT2D eigenvalue weighted by Crippen LogP contribution is 2.41. The minimum absolute atomic E-state index is 0.120. The Kier molecular flexibility index (Phi) is 12.2. The zero-order valence-corrected chi connectivity index (χ0v) is 35.4. The summed E-state index contributed by atoms with van der Waals surface area (Å²) >= 11 is 0. The minimum Gasteiger partial charge on any atom is -0.407 e. The Morgan fingerprint density at radius 1 is 0.481 bits per heavy atom. The first-order valence-electron chi connectivity index (χ1n) is 19.6. The summed E-state index contributed by atoms with van der Waals surface area (Å²) in [7, 11) is -5.57. The van der Waals surface area contributed by atoms with Crippen LogP contribution in [0.1, 0.15) is 73.4 Å². The summed E-state index contributed by atoms with van der Waals surface area (Å²) in [6, 6.07) is 52.4. The Labute approximate surface area is 326 Å². The number of aromatic nitrogens is 2. The van der Waals surface area contributed by atoms with Gasteiger partial charge in [-0.25, -0.2) is 9.97 Å². The summed E-state index contributed by atoms with van der Waals surface area (Å²) in [6.07, 6.45) is 5.76. The number of hydrogen-bond donors (Lipinski definition) is 0. The van der Waals surface area contributed by atoms with Crippen molar-refractivity contribution in [1.82, 2.24) is 9.97 Å². The van der Waals surface area contributed by atoms with E-state index in [-0.39, 0.29) is 15.5 Å². The maximum Gasteiger partial charge on any atom is 0.261 e. The van der Waals surface area contributed by atoms with Crippen LogP contribution in [0.25, 0.3) is 11.0 Å². The topological polar surface area (TPSA) is 44.2 Å². The van der Waals surface area contributed by atoms with Gasteiger partial charge in [0, 0.05) is 35.9 Å². The van der Waals surface area contributed by atoms with Gasteiger partial charge in [0.15, 0.2) is 5.65 Å². The molecular weight excluding hydrogens is 693 g/mol. The molecule has 0 saturated carbocycles. The van der Waals surface area contributed by atoms with Crippen LogP contribution in [0.5, 0.6) is 0 Å². The number of fused-ring (bicyclic) bond motifs is 1. The van der Waals surface area contributed by atoms with Gasteiger partial charge in [0.1, 0.15) is 0 Å². The van der Waals surface area contributed by atoms with E-state index in [1.165, 1.54) is 20.7 Å². The molecule has 0 saturated heterocycles. The van der Waals surface area contributed by atoms with Crippen LogP contribution < -0.4 is 20.7 Å². The lowest BCUT2D eigenvalue weighted by Gasteiger charge is -2.47. The molecule has 4 nitrogen and oxygen atoms in total. The van der Waals surface area contributed by atoms with Crippen LogP contribution in [0, 0.1) is 5.41 Å². The van der Waals surface area contributed by atoms with E-state index in [9.17, 15) is 0 Å². The Bertz CT molecular complexity index is 1880. The van der Waals surface area contributed by atoms with Crippen molar-refractivity contribution in [2.75, 3.05) is 13.2 Å². The van der Waals surface area contributed by atoms with Crippen molar-refractivity contribution in [3.8, 4) is 0 Å². The van der Waals surface area contributed by atoms with Crippen molar-refractivity contribution in [3.63, 3.8) is 0 Å². The van der Waals surface area contributed by atoms with Gasteiger partial charge < -0.3 is 8.85 Å². The molecule has 0 N–H and O–H groups in total. The average Bonchev–Trinajstić information content (AvgIpc) is 3.18. The first-order valence-corrected chi connectivity index (χ1v) is 23.4. The van der Waals surface area contributed by atoms with Crippen LogP contribution in [-0.4, -0.2) is 39.8 Å². The quantitative estimate of drug-likeness (QED) is 0.0775. The van der Waals surface area contributed by atoms with Gasteiger partial charge in [-0.2, -0.15) is 0 Å². The third-order valence-corrected chi connectivity index (χ3v) is 21.1. The van der Waals surface area contributed by atoms with Crippen LogP contribution in [0.2, 0.25) is 10.1 Å². The highest BCUT2D eigenvalue weighted by atomic mass is 28.4. The van der Waals surface area contributed by atoms with Crippen molar-refractivity contribution in [3.05, 3.63) is 157 Å². The predicted molar refractivity (Wildman–Crippen MR) is 232 cm³/mol. The molecule has 0 fully saturated rings. The number of nitrogens with zero attached hydrogens (tertiary/aromatic N) is 2. The second-order valence-corrected chi connectivity index (χ2v) is 25.9. The molecule has 0 aliphatic rings. The molecule has 0 aliphatic carbocycles. The van der Waals surface area contributed by atoms with E-state index < -0.39 is 16.6 Å². The molecule has 6 aromatic rings. The van der Waals surface area contributed by atoms with Crippen molar-refractivity contribution >= 4 is 48.4 Å². The van der Waals surface area contributed by atoms with Crippen LogP contribution >= 0.6 is 0 Å². The van der Waals surface area contributed by atoms with Crippen molar-refractivity contribution in [2.24, 2.45) is 5.41 Å². The van der Waals surface area contributed by atoms with Crippen LogP contribution in [0.4, 0.5) is 0 Å². The smallest absolute Gasteiger partial charge is 0.261 e. The maximum absolute atomic E-state index is 7.71. The first-order chi connectivity index (χ1) is 25.9. The molecule has 2 heterocycles. The summed E-state index contributed by atoms with van der Waals surface area (Å²) in [6.45, 7) is 17.8. The average molecular weight is 751 g/mol. The zero-order chi connectivity index (χ0) is 38.3. The molecular formula is C48H58N2O2Si2. The maximum atomic E-state index is 7.71. The third kappa shape index (κ3) is 8.37. The fraction of sp³-hybridized carbons (Fsp3) is 0.333. The molecule has 0 aliphatic heterocycles. The summed E-state index contributed by atoms with van der Waals surface area (Å²) in [5, 5.41) is 6.04. The van der Waals surface area contributed by atoms with Gasteiger partial charge in [0.25, 0.3) is 16.6 Å². The summed E-state index contributed by atoms with van der Waals surface area (Å²) in [4.78, 5) is 9.39. The van der Waals surface area contributed by atoms with Crippen LogP contribution in [0.3, 0.4) is 0 Å². The number of aryl methyl sites for hydroxylation is 1. The third-order valence-electron chi connectivity index (χ3n) is 11.1. The van der Waals surface area contributed by atoms with Crippen molar-refractivity contribution < 1.29 is 8.85 Å². The fourth-order valence-corrected chi connectivity index (χ4v) is 17.7. The van der Waals surface area contributed by atoms with E-state index in [1.54, 1.807) is 0 Å². The van der Waals surface area contributed by atoms with E-state index in [1.807, 2.05) is 12.3 Å². The molecule has 280 valence electrons. The molecule has 0 radical (unpaired) electrons. The second-order valence-electron chi connectivity index (χ2n) is 17.3. The zero-order valence-electron chi connectivity index (χ0n) is 33.4. The molecule has 4 aromatic carbocycles. The van der Waals surface area contributed by atoms with E-state index in [4.69, 9.17) is 13.8 Å². The Morgan fingerprint density at radius 2 is 0.907 bits per heavy atom. The molecule has 0 amide bonds. The van der Waals surface area contributed by atoms with Crippen molar-refractivity contribution in [1.29, 1.82) is 0 Å². The summed E-state index contributed by atoms with van der Waals surface area (Å²) < 4.78 is 15.4. The monoisotopic (exact) mass is 750 g/mol. The largest absolute Gasteiger partial charge is 0.407 e. The van der Waals surface area contributed by atoms with Gasteiger partial charge >= 0.3 is 0 Å². The molecule has 54 heavy (non-hydrogen) atoms. The number of rotatable bonds is 15. The van der Waals surface area contributed by atoms with E-state index >= 15 is 0 Å². The lowest BCUT2D eigenvalue weighted by molar-refractivity contribution is 0.0743. The first kappa shape index (κ1) is 39.5. The molecule has 2 aromatic heterocycles.